The summed E-state index contributed by atoms with van der Waals surface area (Å²) in [5, 5.41) is 3.03. The van der Waals surface area contributed by atoms with Gasteiger partial charge >= 0.3 is 0 Å². The van der Waals surface area contributed by atoms with E-state index in [2.05, 4.69) is 5.10 Å². The van der Waals surface area contributed by atoms with Crippen molar-refractivity contribution in [2.75, 3.05) is 0 Å². The molecular weight excluding hydrogens is 334 g/mol. The van der Waals surface area contributed by atoms with Crippen LogP contribution in [0.4, 0.5) is 0 Å². The number of para-hydroxylation sites is 1. The van der Waals surface area contributed by atoms with Crippen molar-refractivity contribution >= 4 is 23.1 Å². The van der Waals surface area contributed by atoms with Crippen molar-refractivity contribution < 1.29 is 4.79 Å². The highest BCUT2D eigenvalue weighted by molar-refractivity contribution is 7.80. The lowest BCUT2D eigenvalue weighted by molar-refractivity contribution is -0.127. The maximum Gasteiger partial charge on any atom is 0.281 e. The van der Waals surface area contributed by atoms with Crippen molar-refractivity contribution in [3.8, 4) is 5.69 Å². The number of nitrogens with one attached hydrogen (secondary N) is 1. The van der Waals surface area contributed by atoms with Crippen LogP contribution in [0, 0.1) is 0 Å². The highest BCUT2D eigenvalue weighted by Crippen LogP contribution is 2.20. The summed E-state index contributed by atoms with van der Waals surface area (Å²) in [5.41, 5.74) is 2.45. The summed E-state index contributed by atoms with van der Waals surface area (Å²) in [5.74, 6) is -0.109. The molecule has 25 heavy (non-hydrogen) atoms. The van der Waals surface area contributed by atoms with Gasteiger partial charge in [-0.25, -0.2) is 4.68 Å². The van der Waals surface area contributed by atoms with Crippen molar-refractivity contribution in [2.45, 2.75) is 13.0 Å². The first-order valence-corrected chi connectivity index (χ1v) is 8.34. The average molecular weight is 349 g/mol. The summed E-state index contributed by atoms with van der Waals surface area (Å²) in [7, 11) is 0. The van der Waals surface area contributed by atoms with Gasteiger partial charge in [-0.05, 0) is 17.7 Å². The maximum atomic E-state index is 12.8. The fourth-order valence-corrected chi connectivity index (χ4v) is 3.39. The molecule has 1 amide bonds. The van der Waals surface area contributed by atoms with E-state index in [1.54, 1.807) is 0 Å². The number of amides is 1. The topological polar surface area (TPSA) is 58.1 Å². The van der Waals surface area contributed by atoms with Crippen LogP contribution in [0.2, 0.25) is 0 Å². The van der Waals surface area contributed by atoms with Gasteiger partial charge in [-0.3, -0.25) is 19.6 Å². The van der Waals surface area contributed by atoms with Gasteiger partial charge in [-0.15, -0.1) is 0 Å². The summed E-state index contributed by atoms with van der Waals surface area (Å²) in [6.07, 6.45) is 0.136. The molecule has 5 nitrogen and oxygen atoms in total. The zero-order valence-corrected chi connectivity index (χ0v) is 14.1. The van der Waals surface area contributed by atoms with Crippen LogP contribution in [0.5, 0.6) is 0 Å². The molecule has 3 aromatic rings. The van der Waals surface area contributed by atoms with Crippen LogP contribution in [0.25, 0.3) is 5.69 Å². The quantitative estimate of drug-likeness (QED) is 0.739. The van der Waals surface area contributed by atoms with Crippen LogP contribution in [-0.2, 0) is 17.8 Å². The molecule has 1 aliphatic rings. The van der Waals surface area contributed by atoms with Gasteiger partial charge in [-0.1, -0.05) is 60.7 Å². The molecule has 4 rings (SSSR count). The van der Waals surface area contributed by atoms with E-state index in [1.165, 1.54) is 9.58 Å². The van der Waals surface area contributed by atoms with Gasteiger partial charge in [0.1, 0.15) is 4.99 Å². The second-order valence-electron chi connectivity index (χ2n) is 5.89. The van der Waals surface area contributed by atoms with Gasteiger partial charge in [0.15, 0.2) is 0 Å². The standard InChI is InChI=1S/C19H15N3O2S/c23-16-11-15-17(18(24)22(20-15)14-9-5-2-6-10-14)19(25)21(16)12-13-7-3-1-4-8-13/h1-10,20H,11-12H2. The molecule has 2 heterocycles. The Hall–Kier alpha value is -2.99. The smallest absolute Gasteiger partial charge is 0.281 e. The predicted molar refractivity (Wildman–Crippen MR) is 98.8 cm³/mol. The van der Waals surface area contributed by atoms with E-state index < -0.39 is 0 Å². The molecule has 0 saturated heterocycles. The Morgan fingerprint density at radius 2 is 1.60 bits per heavy atom. The van der Waals surface area contributed by atoms with E-state index in [1.807, 2.05) is 60.7 Å². The lowest BCUT2D eigenvalue weighted by Gasteiger charge is -2.26. The van der Waals surface area contributed by atoms with Crippen LogP contribution >= 0.6 is 12.2 Å². The molecule has 0 saturated carbocycles. The van der Waals surface area contributed by atoms with Crippen molar-refractivity contribution in [3.05, 3.63) is 87.8 Å². The predicted octanol–water partition coefficient (Wildman–Crippen LogP) is 2.43. The largest absolute Gasteiger partial charge is 0.298 e. The molecular formula is C19H15N3O2S. The van der Waals surface area contributed by atoms with E-state index >= 15 is 0 Å². The third-order valence-corrected chi connectivity index (χ3v) is 4.68. The van der Waals surface area contributed by atoms with Gasteiger partial charge in [0, 0.05) is 0 Å². The third kappa shape index (κ3) is 2.70. The Bertz CT molecular complexity index is 1010. The molecule has 0 spiro atoms. The summed E-state index contributed by atoms with van der Waals surface area (Å²) in [6.45, 7) is 0.369. The van der Waals surface area contributed by atoms with Crippen LogP contribution in [0.3, 0.4) is 0 Å². The molecule has 0 atom stereocenters. The van der Waals surface area contributed by atoms with E-state index in [0.717, 1.165) is 5.56 Å². The Labute approximate surface area is 149 Å². The SMILES string of the molecule is O=C1Cc2[nH]n(-c3ccccc3)c(=O)c2C(=S)N1Cc1ccccc1. The molecule has 0 aliphatic carbocycles. The number of thiocarbonyl (C=S) groups is 1. The van der Waals surface area contributed by atoms with Gasteiger partial charge in [0.25, 0.3) is 5.56 Å². The number of rotatable bonds is 3. The molecule has 2 aromatic carbocycles. The molecule has 1 aliphatic heterocycles. The number of carbonyl (C=O) groups excluding carboxylic acids is 1. The fourth-order valence-electron chi connectivity index (χ4n) is 3.01. The summed E-state index contributed by atoms with van der Waals surface area (Å²) in [4.78, 5) is 27.2. The minimum atomic E-state index is -0.225. The van der Waals surface area contributed by atoms with E-state index in [-0.39, 0.29) is 22.9 Å². The van der Waals surface area contributed by atoms with Gasteiger partial charge in [-0.2, -0.15) is 0 Å². The Morgan fingerprint density at radius 3 is 2.28 bits per heavy atom. The van der Waals surface area contributed by atoms with Crippen LogP contribution in [-0.4, -0.2) is 25.6 Å². The molecule has 0 fully saturated rings. The number of hydrogen-bond acceptors (Lipinski definition) is 3. The average Bonchev–Trinajstić information content (AvgIpc) is 2.96. The number of H-pyrrole nitrogens is 1. The molecule has 0 unspecified atom stereocenters. The summed E-state index contributed by atoms with van der Waals surface area (Å²) in [6, 6.07) is 18.9. The molecule has 0 bridgehead atoms. The van der Waals surface area contributed by atoms with E-state index in [4.69, 9.17) is 12.2 Å². The van der Waals surface area contributed by atoms with Gasteiger partial charge in [0.2, 0.25) is 5.91 Å². The second-order valence-corrected chi connectivity index (χ2v) is 6.28. The number of fused-ring (bicyclic) bond motifs is 1. The van der Waals surface area contributed by atoms with Crippen LogP contribution in [0.15, 0.2) is 65.5 Å². The van der Waals surface area contributed by atoms with E-state index in [9.17, 15) is 9.59 Å². The van der Waals surface area contributed by atoms with Crippen molar-refractivity contribution in [2.24, 2.45) is 0 Å². The van der Waals surface area contributed by atoms with Crippen LogP contribution < -0.4 is 5.56 Å². The van der Waals surface area contributed by atoms with Gasteiger partial charge in [0.05, 0.1) is 29.9 Å². The normalized spacial score (nSPS) is 13.8. The van der Waals surface area contributed by atoms with Crippen LogP contribution in [0.1, 0.15) is 16.8 Å². The van der Waals surface area contributed by atoms with Crippen molar-refractivity contribution in [3.63, 3.8) is 0 Å². The minimum Gasteiger partial charge on any atom is -0.298 e. The van der Waals surface area contributed by atoms with Crippen molar-refractivity contribution in [1.29, 1.82) is 0 Å². The first-order valence-electron chi connectivity index (χ1n) is 7.93. The summed E-state index contributed by atoms with van der Waals surface area (Å²) < 4.78 is 1.44. The zero-order chi connectivity index (χ0) is 17.4. The van der Waals surface area contributed by atoms with E-state index in [0.29, 0.717) is 23.5 Å². The number of carbonyl (C=O) groups is 1. The fraction of sp³-hybridized carbons (Fsp3) is 0.105. The first kappa shape index (κ1) is 15.5. The molecule has 0 radical (unpaired) electrons. The maximum absolute atomic E-state index is 12.8. The molecule has 6 heteroatoms. The van der Waals surface area contributed by atoms with Gasteiger partial charge < -0.3 is 0 Å². The Kier molecular flexibility index (Phi) is 3.82. The second kappa shape index (κ2) is 6.14. The lowest BCUT2D eigenvalue weighted by Crippen LogP contribution is -2.43. The number of aromatic amines is 1. The monoisotopic (exact) mass is 349 g/mol. The minimum absolute atomic E-state index is 0.109. The van der Waals surface area contributed by atoms with Crippen molar-refractivity contribution in [1.82, 2.24) is 14.7 Å². The molecule has 1 N–H and O–H groups in total. The number of aromatic nitrogens is 2. The Balaban J connectivity index is 1.74. The molecule has 124 valence electrons. The highest BCUT2D eigenvalue weighted by atomic mass is 32.1. The number of hydrogen-bond donors (Lipinski definition) is 1. The highest BCUT2D eigenvalue weighted by Gasteiger charge is 2.33. The molecule has 1 aromatic heterocycles. The third-order valence-electron chi connectivity index (χ3n) is 4.25. The lowest BCUT2D eigenvalue weighted by atomic mass is 10.1. The summed E-state index contributed by atoms with van der Waals surface area (Å²) >= 11 is 5.48. The first-order chi connectivity index (χ1) is 12.1. The Morgan fingerprint density at radius 1 is 0.960 bits per heavy atom. The zero-order valence-electron chi connectivity index (χ0n) is 13.3. The number of nitrogens with zero attached hydrogens (tertiary/aromatic N) is 2. The number of benzene rings is 2.